The van der Waals surface area contributed by atoms with Crippen LogP contribution >= 0.6 is 11.8 Å². The average molecular weight is 202 g/mol. The predicted molar refractivity (Wildman–Crippen MR) is 50.9 cm³/mol. The van der Waals surface area contributed by atoms with Gasteiger partial charge in [-0.05, 0) is 5.56 Å². The highest BCUT2D eigenvalue weighted by Crippen LogP contribution is 2.03. The number of hydrogen-bond donors (Lipinski definition) is 1. The monoisotopic (exact) mass is 201 g/mol. The summed E-state index contributed by atoms with van der Waals surface area (Å²) < 4.78 is 1.10. The molecule has 0 saturated carbocycles. The highest BCUT2D eigenvalue weighted by atomic mass is 35.5. The molecule has 1 aromatic carbocycles. The molecular formula is C9H12ClNO2. The van der Waals surface area contributed by atoms with E-state index in [0.29, 0.717) is 13.2 Å². The molecule has 3 nitrogen and oxygen atoms in total. The first-order valence-electron chi connectivity index (χ1n) is 4.04. The van der Waals surface area contributed by atoms with Gasteiger partial charge in [0.25, 0.3) is 0 Å². The van der Waals surface area contributed by atoms with E-state index in [1.54, 1.807) is 0 Å². The normalized spacial score (nSPS) is 10.7. The van der Waals surface area contributed by atoms with Gasteiger partial charge in [0.05, 0.1) is 19.8 Å². The largest absolute Gasteiger partial charge is 0.395 e. The minimum absolute atomic E-state index is 0.0156. The lowest BCUT2D eigenvalue weighted by Gasteiger charge is -2.11. The van der Waals surface area contributed by atoms with E-state index in [1.165, 1.54) is 0 Å². The number of aliphatic hydroxyl groups excluding tert-OH is 1. The second-order valence-corrected chi connectivity index (χ2v) is 2.90. The van der Waals surface area contributed by atoms with E-state index in [2.05, 4.69) is 0 Å². The van der Waals surface area contributed by atoms with Crippen LogP contribution in [-0.2, 0) is 11.4 Å². The molecule has 0 unspecified atom stereocenters. The minimum Gasteiger partial charge on any atom is -0.395 e. The Morgan fingerprint density at radius 1 is 1.31 bits per heavy atom. The zero-order valence-corrected chi connectivity index (χ0v) is 7.94. The van der Waals surface area contributed by atoms with Gasteiger partial charge in [-0.3, -0.25) is 4.84 Å². The summed E-state index contributed by atoms with van der Waals surface area (Å²) in [5.41, 5.74) is 1.05. The van der Waals surface area contributed by atoms with E-state index in [-0.39, 0.29) is 6.61 Å². The molecule has 0 atom stereocenters. The zero-order chi connectivity index (χ0) is 9.52. The average Bonchev–Trinajstić information content (AvgIpc) is 2.17. The van der Waals surface area contributed by atoms with E-state index in [1.807, 2.05) is 30.3 Å². The number of nitrogens with zero attached hydrogens (tertiary/aromatic N) is 1. The molecule has 0 radical (unpaired) electrons. The quantitative estimate of drug-likeness (QED) is 0.580. The smallest absolute Gasteiger partial charge is 0.0951 e. The van der Waals surface area contributed by atoms with Gasteiger partial charge in [0.1, 0.15) is 0 Å². The van der Waals surface area contributed by atoms with Crippen LogP contribution in [0.3, 0.4) is 0 Å². The van der Waals surface area contributed by atoms with Crippen LogP contribution in [0.2, 0.25) is 0 Å². The summed E-state index contributed by atoms with van der Waals surface area (Å²) in [7, 11) is 0. The molecule has 0 heterocycles. The topological polar surface area (TPSA) is 32.7 Å². The molecular weight excluding hydrogens is 190 g/mol. The molecule has 0 aliphatic heterocycles. The highest BCUT2D eigenvalue weighted by Gasteiger charge is 1.99. The molecule has 72 valence electrons. The summed E-state index contributed by atoms with van der Waals surface area (Å²) in [5.74, 6) is 0. The fraction of sp³-hybridized carbons (Fsp3) is 0.333. The van der Waals surface area contributed by atoms with Crippen molar-refractivity contribution in [3.63, 3.8) is 0 Å². The number of aliphatic hydroxyl groups is 1. The van der Waals surface area contributed by atoms with Gasteiger partial charge in [0.2, 0.25) is 0 Å². The number of halogens is 1. The Morgan fingerprint density at radius 2 is 2.00 bits per heavy atom. The molecule has 0 bridgehead atoms. The molecule has 0 aliphatic rings. The van der Waals surface area contributed by atoms with Gasteiger partial charge >= 0.3 is 0 Å². The molecule has 13 heavy (non-hydrogen) atoms. The molecule has 1 rings (SSSR count). The Morgan fingerprint density at radius 3 is 2.62 bits per heavy atom. The SMILES string of the molecule is OCCN(Cl)OCc1ccccc1. The summed E-state index contributed by atoms with van der Waals surface area (Å²) in [4.78, 5) is 5.11. The van der Waals surface area contributed by atoms with E-state index < -0.39 is 0 Å². The third-order valence-electron chi connectivity index (χ3n) is 1.49. The second kappa shape index (κ2) is 5.94. The lowest BCUT2D eigenvalue weighted by atomic mass is 10.2. The van der Waals surface area contributed by atoms with Crippen LogP contribution in [0, 0.1) is 0 Å². The maximum absolute atomic E-state index is 8.53. The number of hydrogen-bond acceptors (Lipinski definition) is 3. The Kier molecular flexibility index (Phi) is 4.78. The van der Waals surface area contributed by atoms with Crippen molar-refractivity contribution in [2.24, 2.45) is 0 Å². The van der Waals surface area contributed by atoms with Gasteiger partial charge in [-0.2, -0.15) is 0 Å². The Balaban J connectivity index is 2.27. The van der Waals surface area contributed by atoms with Crippen molar-refractivity contribution in [1.82, 2.24) is 4.58 Å². The molecule has 0 saturated heterocycles. The van der Waals surface area contributed by atoms with Crippen LogP contribution in [0.1, 0.15) is 5.56 Å². The van der Waals surface area contributed by atoms with Crippen LogP contribution in [0.25, 0.3) is 0 Å². The summed E-state index contributed by atoms with van der Waals surface area (Å²) >= 11 is 5.58. The van der Waals surface area contributed by atoms with Gasteiger partial charge in [-0.1, -0.05) is 34.9 Å². The predicted octanol–water partition coefficient (Wildman–Crippen LogP) is 1.57. The van der Waals surface area contributed by atoms with Crippen molar-refractivity contribution in [1.29, 1.82) is 0 Å². The summed E-state index contributed by atoms with van der Waals surface area (Å²) in [6.45, 7) is 0.705. The lowest BCUT2D eigenvalue weighted by Crippen LogP contribution is -2.16. The Hall–Kier alpha value is -0.610. The van der Waals surface area contributed by atoms with Crippen LogP contribution in [-0.4, -0.2) is 22.8 Å². The van der Waals surface area contributed by atoms with Gasteiger partial charge < -0.3 is 5.11 Å². The minimum atomic E-state index is -0.0156. The van der Waals surface area contributed by atoms with Crippen molar-refractivity contribution in [2.45, 2.75) is 6.61 Å². The summed E-state index contributed by atoms with van der Waals surface area (Å²) in [6.07, 6.45) is 0. The third kappa shape index (κ3) is 4.24. The van der Waals surface area contributed by atoms with E-state index >= 15 is 0 Å². The zero-order valence-electron chi connectivity index (χ0n) is 7.19. The Labute approximate surface area is 82.6 Å². The van der Waals surface area contributed by atoms with Crippen LogP contribution < -0.4 is 0 Å². The molecule has 0 spiro atoms. The molecule has 1 aromatic rings. The van der Waals surface area contributed by atoms with Crippen LogP contribution in [0.5, 0.6) is 0 Å². The van der Waals surface area contributed by atoms with Crippen molar-refractivity contribution in [3.8, 4) is 0 Å². The summed E-state index contributed by atoms with van der Waals surface area (Å²) in [5, 5.41) is 8.53. The first-order valence-corrected chi connectivity index (χ1v) is 4.38. The van der Waals surface area contributed by atoms with E-state index in [0.717, 1.165) is 10.1 Å². The maximum Gasteiger partial charge on any atom is 0.0951 e. The molecule has 0 fully saturated rings. The lowest BCUT2D eigenvalue weighted by molar-refractivity contribution is -0.101. The number of benzene rings is 1. The van der Waals surface area contributed by atoms with Crippen molar-refractivity contribution in [3.05, 3.63) is 35.9 Å². The third-order valence-corrected chi connectivity index (χ3v) is 1.76. The van der Waals surface area contributed by atoms with Crippen molar-refractivity contribution >= 4 is 11.8 Å². The van der Waals surface area contributed by atoms with Crippen molar-refractivity contribution < 1.29 is 9.94 Å². The second-order valence-electron chi connectivity index (χ2n) is 2.52. The van der Waals surface area contributed by atoms with Crippen molar-refractivity contribution in [2.75, 3.05) is 13.2 Å². The highest BCUT2D eigenvalue weighted by molar-refractivity contribution is 6.12. The van der Waals surface area contributed by atoms with Gasteiger partial charge in [-0.25, -0.2) is 0 Å². The Bertz CT molecular complexity index is 230. The fourth-order valence-electron chi connectivity index (χ4n) is 0.862. The first kappa shape index (κ1) is 10.5. The molecule has 1 N–H and O–H groups in total. The molecule has 0 aliphatic carbocycles. The molecule has 4 heteroatoms. The van der Waals surface area contributed by atoms with E-state index in [9.17, 15) is 0 Å². The number of rotatable bonds is 5. The fourth-order valence-corrected chi connectivity index (χ4v) is 0.986. The maximum atomic E-state index is 8.53. The first-order chi connectivity index (χ1) is 6.33. The van der Waals surface area contributed by atoms with Crippen LogP contribution in [0.15, 0.2) is 30.3 Å². The van der Waals surface area contributed by atoms with Gasteiger partial charge in [0.15, 0.2) is 0 Å². The van der Waals surface area contributed by atoms with Gasteiger partial charge in [-0.15, -0.1) is 0 Å². The standard InChI is InChI=1S/C9H12ClNO2/c10-11(6-7-12)13-8-9-4-2-1-3-5-9/h1-5,12H,6-8H2. The van der Waals surface area contributed by atoms with Crippen LogP contribution in [0.4, 0.5) is 0 Å². The molecule has 0 aromatic heterocycles. The van der Waals surface area contributed by atoms with Gasteiger partial charge in [0, 0.05) is 11.8 Å². The number of hydroxylamine groups is 1. The summed E-state index contributed by atoms with van der Waals surface area (Å²) in [6, 6.07) is 9.70. The molecule has 0 amide bonds. The van der Waals surface area contributed by atoms with E-state index in [4.69, 9.17) is 21.7 Å².